The lowest BCUT2D eigenvalue weighted by molar-refractivity contribution is 0.0687. The third-order valence-corrected chi connectivity index (χ3v) is 6.16. The molecule has 0 spiro atoms. The van der Waals surface area contributed by atoms with Gasteiger partial charge in [-0.2, -0.15) is 5.10 Å². The third kappa shape index (κ3) is 3.78. The van der Waals surface area contributed by atoms with Gasteiger partial charge in [-0.05, 0) is 56.2 Å². The topological polar surface area (TPSA) is 55.1 Å². The number of aromatic nitrogens is 2. The van der Waals surface area contributed by atoms with E-state index in [4.69, 9.17) is 0 Å². The first-order valence-corrected chi connectivity index (χ1v) is 10.2. The number of rotatable bonds is 4. The highest BCUT2D eigenvalue weighted by molar-refractivity contribution is 5.87. The van der Waals surface area contributed by atoms with E-state index in [0.717, 1.165) is 61.8 Å². The van der Waals surface area contributed by atoms with E-state index in [2.05, 4.69) is 9.78 Å². The Hall–Kier alpha value is -2.17. The number of hydrogen-bond donors (Lipinski definition) is 1. The summed E-state index contributed by atoms with van der Waals surface area (Å²) in [4.78, 5) is 11.9. The van der Waals surface area contributed by atoms with Gasteiger partial charge in [0, 0.05) is 17.2 Å². The Labute approximate surface area is 159 Å². The number of aromatic carboxylic acids is 1. The molecule has 1 heterocycles. The smallest absolute Gasteiger partial charge is 0.356 e. The summed E-state index contributed by atoms with van der Waals surface area (Å²) in [5, 5.41) is 14.3. The van der Waals surface area contributed by atoms with Crippen LogP contribution in [0.1, 0.15) is 90.6 Å². The first-order chi connectivity index (χ1) is 13.1. The quantitative estimate of drug-likeness (QED) is 0.745. The summed E-state index contributed by atoms with van der Waals surface area (Å²) in [6.45, 7) is 0. The number of carbonyl (C=O) groups is 1. The SMILES string of the molecule is O=C(O)c1nn(C2CCCCC2)c2c1CCCC[C@H]2Cc1cccc(F)c1. The number of nitrogens with zero attached hydrogens (tertiary/aromatic N) is 2. The summed E-state index contributed by atoms with van der Waals surface area (Å²) in [6, 6.07) is 7.09. The molecule has 1 N–H and O–H groups in total. The summed E-state index contributed by atoms with van der Waals surface area (Å²) < 4.78 is 15.7. The molecule has 144 valence electrons. The van der Waals surface area contributed by atoms with E-state index in [9.17, 15) is 14.3 Å². The van der Waals surface area contributed by atoms with Crippen LogP contribution < -0.4 is 0 Å². The molecule has 1 saturated carbocycles. The van der Waals surface area contributed by atoms with Crippen molar-refractivity contribution in [2.75, 3.05) is 0 Å². The largest absolute Gasteiger partial charge is 0.476 e. The van der Waals surface area contributed by atoms with Crippen LogP contribution in [0.5, 0.6) is 0 Å². The second kappa shape index (κ2) is 7.83. The molecule has 0 amide bonds. The van der Waals surface area contributed by atoms with Gasteiger partial charge in [0.2, 0.25) is 0 Å². The zero-order chi connectivity index (χ0) is 18.8. The molecular weight excluding hydrogens is 343 g/mol. The second-order valence-corrected chi connectivity index (χ2v) is 8.03. The molecule has 5 heteroatoms. The van der Waals surface area contributed by atoms with Crippen molar-refractivity contribution in [3.05, 3.63) is 52.6 Å². The Morgan fingerprint density at radius 1 is 1.15 bits per heavy atom. The van der Waals surface area contributed by atoms with Crippen molar-refractivity contribution in [3.63, 3.8) is 0 Å². The molecular formula is C22H27FN2O2. The van der Waals surface area contributed by atoms with Crippen LogP contribution in [0.3, 0.4) is 0 Å². The van der Waals surface area contributed by atoms with Crippen LogP contribution in [0.4, 0.5) is 4.39 Å². The number of fused-ring (bicyclic) bond motifs is 1. The molecule has 0 aliphatic heterocycles. The highest BCUT2D eigenvalue weighted by atomic mass is 19.1. The monoisotopic (exact) mass is 370 g/mol. The van der Waals surface area contributed by atoms with Crippen LogP contribution in [0, 0.1) is 5.82 Å². The van der Waals surface area contributed by atoms with Crippen LogP contribution in [0.15, 0.2) is 24.3 Å². The molecule has 0 unspecified atom stereocenters. The Morgan fingerprint density at radius 3 is 2.67 bits per heavy atom. The Morgan fingerprint density at radius 2 is 1.93 bits per heavy atom. The fourth-order valence-electron chi connectivity index (χ4n) is 4.91. The van der Waals surface area contributed by atoms with Crippen LogP contribution in [0.2, 0.25) is 0 Å². The van der Waals surface area contributed by atoms with Crippen molar-refractivity contribution in [3.8, 4) is 0 Å². The van der Waals surface area contributed by atoms with E-state index in [1.165, 1.54) is 25.3 Å². The van der Waals surface area contributed by atoms with Gasteiger partial charge in [-0.1, -0.05) is 37.8 Å². The number of carboxylic acid groups (broad SMARTS) is 1. The van der Waals surface area contributed by atoms with E-state index >= 15 is 0 Å². The standard InChI is InChI=1S/C22H27FN2O2/c23-17-9-6-7-15(14-17)13-16-8-4-5-12-19-20(22(26)27)24-25(21(16)19)18-10-2-1-3-11-18/h6-7,9,14,16,18H,1-5,8,10-13H2,(H,26,27)/t16-/m0/s1. The molecule has 4 nitrogen and oxygen atoms in total. The molecule has 0 radical (unpaired) electrons. The number of carboxylic acids is 1. The van der Waals surface area contributed by atoms with Gasteiger partial charge in [-0.25, -0.2) is 9.18 Å². The normalized spacial score (nSPS) is 20.9. The van der Waals surface area contributed by atoms with Gasteiger partial charge in [0.25, 0.3) is 0 Å². The molecule has 1 aromatic heterocycles. The average molecular weight is 370 g/mol. The molecule has 1 fully saturated rings. The van der Waals surface area contributed by atoms with Crippen molar-refractivity contribution >= 4 is 5.97 Å². The van der Waals surface area contributed by atoms with Crippen molar-refractivity contribution in [2.24, 2.45) is 0 Å². The molecule has 0 bridgehead atoms. The lowest BCUT2D eigenvalue weighted by atomic mass is 9.89. The van der Waals surface area contributed by atoms with E-state index in [1.54, 1.807) is 12.1 Å². The van der Waals surface area contributed by atoms with Crippen molar-refractivity contribution in [1.29, 1.82) is 0 Å². The van der Waals surface area contributed by atoms with E-state index in [-0.39, 0.29) is 17.4 Å². The maximum atomic E-state index is 13.7. The first kappa shape index (κ1) is 18.2. The Bertz CT molecular complexity index is 824. The fourth-order valence-corrected chi connectivity index (χ4v) is 4.91. The summed E-state index contributed by atoms with van der Waals surface area (Å²) in [6.07, 6.45) is 10.3. The lowest BCUT2D eigenvalue weighted by Crippen LogP contribution is -2.19. The van der Waals surface area contributed by atoms with Crippen molar-refractivity contribution in [2.45, 2.75) is 76.2 Å². The highest BCUT2D eigenvalue weighted by Gasteiger charge is 2.32. The van der Waals surface area contributed by atoms with Gasteiger partial charge in [0.1, 0.15) is 5.82 Å². The highest BCUT2D eigenvalue weighted by Crippen LogP contribution is 2.39. The van der Waals surface area contributed by atoms with Crippen LogP contribution >= 0.6 is 0 Å². The first-order valence-electron chi connectivity index (χ1n) is 10.2. The van der Waals surface area contributed by atoms with Crippen molar-refractivity contribution in [1.82, 2.24) is 9.78 Å². The fraction of sp³-hybridized carbons (Fsp3) is 0.545. The minimum atomic E-state index is -0.924. The molecule has 27 heavy (non-hydrogen) atoms. The molecule has 2 aliphatic rings. The average Bonchev–Trinajstić information content (AvgIpc) is 2.93. The second-order valence-electron chi connectivity index (χ2n) is 8.03. The maximum Gasteiger partial charge on any atom is 0.356 e. The minimum Gasteiger partial charge on any atom is -0.476 e. The number of hydrogen-bond acceptors (Lipinski definition) is 2. The van der Waals surface area contributed by atoms with Gasteiger partial charge in [-0.3, -0.25) is 4.68 Å². The summed E-state index contributed by atoms with van der Waals surface area (Å²) >= 11 is 0. The lowest BCUT2D eigenvalue weighted by Gasteiger charge is -2.27. The zero-order valence-electron chi connectivity index (χ0n) is 15.7. The van der Waals surface area contributed by atoms with Gasteiger partial charge >= 0.3 is 5.97 Å². The molecule has 0 saturated heterocycles. The van der Waals surface area contributed by atoms with Gasteiger partial charge in [-0.15, -0.1) is 0 Å². The van der Waals surface area contributed by atoms with Crippen LogP contribution in [-0.2, 0) is 12.8 Å². The van der Waals surface area contributed by atoms with E-state index in [1.807, 2.05) is 6.07 Å². The van der Waals surface area contributed by atoms with Crippen molar-refractivity contribution < 1.29 is 14.3 Å². The van der Waals surface area contributed by atoms with E-state index < -0.39 is 5.97 Å². The number of benzene rings is 1. The summed E-state index contributed by atoms with van der Waals surface area (Å²) in [5.74, 6) is -0.938. The van der Waals surface area contributed by atoms with Crippen LogP contribution in [0.25, 0.3) is 0 Å². The van der Waals surface area contributed by atoms with Gasteiger partial charge < -0.3 is 5.11 Å². The maximum absolute atomic E-state index is 13.7. The van der Waals surface area contributed by atoms with Gasteiger partial charge in [0.15, 0.2) is 5.69 Å². The Balaban J connectivity index is 1.76. The predicted octanol–water partition coefficient (Wildman–Crippen LogP) is 5.28. The molecule has 4 rings (SSSR count). The summed E-state index contributed by atoms with van der Waals surface area (Å²) in [5.41, 5.74) is 3.25. The van der Waals surface area contributed by atoms with Gasteiger partial charge in [0.05, 0.1) is 6.04 Å². The number of halogens is 1. The van der Waals surface area contributed by atoms with E-state index in [0.29, 0.717) is 6.04 Å². The molecule has 1 atom stereocenters. The van der Waals surface area contributed by atoms with Crippen LogP contribution in [-0.4, -0.2) is 20.9 Å². The Kier molecular flexibility index (Phi) is 5.28. The third-order valence-electron chi connectivity index (χ3n) is 6.16. The summed E-state index contributed by atoms with van der Waals surface area (Å²) in [7, 11) is 0. The molecule has 2 aliphatic carbocycles. The zero-order valence-corrected chi connectivity index (χ0v) is 15.7. The molecule has 1 aromatic carbocycles. The minimum absolute atomic E-state index is 0.201. The molecule has 2 aromatic rings. The predicted molar refractivity (Wildman–Crippen MR) is 102 cm³/mol.